The summed E-state index contributed by atoms with van der Waals surface area (Å²) >= 11 is 0. The van der Waals surface area contributed by atoms with Gasteiger partial charge in [-0.05, 0) is 19.1 Å². The summed E-state index contributed by atoms with van der Waals surface area (Å²) in [6.45, 7) is 2.41. The maximum absolute atomic E-state index is 7.34. The molecule has 0 fully saturated rings. The van der Waals surface area contributed by atoms with Crippen LogP contribution in [0.2, 0.25) is 0 Å². The third-order valence-electron chi connectivity index (χ3n) is 1.78. The second kappa shape index (κ2) is 4.50. The van der Waals surface area contributed by atoms with Crippen molar-refractivity contribution in [3.63, 3.8) is 0 Å². The number of nitrogens with two attached hydrogens (primary N) is 1. The van der Waals surface area contributed by atoms with Crippen molar-refractivity contribution in [3.8, 4) is 11.5 Å². The maximum atomic E-state index is 7.34. The summed E-state index contributed by atoms with van der Waals surface area (Å²) in [4.78, 5) is 0. The van der Waals surface area contributed by atoms with Gasteiger partial charge in [0, 0.05) is 6.07 Å². The van der Waals surface area contributed by atoms with Crippen molar-refractivity contribution < 1.29 is 9.47 Å². The van der Waals surface area contributed by atoms with E-state index >= 15 is 0 Å². The molecule has 76 valence electrons. The molecule has 0 bridgehead atoms. The van der Waals surface area contributed by atoms with Gasteiger partial charge in [0.15, 0.2) is 0 Å². The summed E-state index contributed by atoms with van der Waals surface area (Å²) in [5.41, 5.74) is 5.99. The SMILES string of the molecule is CCOc1cc(OC)ccc1C(=N)N. The molecule has 1 aromatic carbocycles. The van der Waals surface area contributed by atoms with Crippen molar-refractivity contribution in [3.05, 3.63) is 23.8 Å². The van der Waals surface area contributed by atoms with Crippen LogP contribution >= 0.6 is 0 Å². The maximum Gasteiger partial charge on any atom is 0.133 e. The van der Waals surface area contributed by atoms with E-state index in [1.807, 2.05) is 6.92 Å². The van der Waals surface area contributed by atoms with Crippen LogP contribution in [-0.2, 0) is 0 Å². The van der Waals surface area contributed by atoms with Gasteiger partial charge in [-0.3, -0.25) is 5.41 Å². The average Bonchev–Trinajstić information content (AvgIpc) is 2.17. The molecule has 1 rings (SSSR count). The first-order valence-corrected chi connectivity index (χ1v) is 4.34. The monoisotopic (exact) mass is 194 g/mol. The fourth-order valence-corrected chi connectivity index (χ4v) is 1.13. The Balaban J connectivity index is 3.10. The van der Waals surface area contributed by atoms with Crippen molar-refractivity contribution in [2.45, 2.75) is 6.92 Å². The fraction of sp³-hybridized carbons (Fsp3) is 0.300. The number of hydrogen-bond donors (Lipinski definition) is 2. The number of nitrogen functional groups attached to an aromatic ring is 1. The van der Waals surface area contributed by atoms with Crippen molar-refractivity contribution in [2.24, 2.45) is 5.73 Å². The molecule has 0 radical (unpaired) electrons. The van der Waals surface area contributed by atoms with Crippen LogP contribution < -0.4 is 15.2 Å². The summed E-state index contributed by atoms with van der Waals surface area (Å²) in [5.74, 6) is 1.27. The molecule has 0 amide bonds. The van der Waals surface area contributed by atoms with Crippen molar-refractivity contribution >= 4 is 5.84 Å². The molecule has 0 heterocycles. The number of hydrogen-bond acceptors (Lipinski definition) is 3. The predicted molar refractivity (Wildman–Crippen MR) is 55.2 cm³/mol. The Labute approximate surface area is 83.1 Å². The summed E-state index contributed by atoms with van der Waals surface area (Å²) in [6.07, 6.45) is 0. The molecule has 4 nitrogen and oxygen atoms in total. The lowest BCUT2D eigenvalue weighted by molar-refractivity contribution is 0.335. The molecule has 14 heavy (non-hydrogen) atoms. The van der Waals surface area contributed by atoms with Gasteiger partial charge < -0.3 is 15.2 Å². The highest BCUT2D eigenvalue weighted by molar-refractivity contribution is 5.97. The minimum Gasteiger partial charge on any atom is -0.497 e. The Kier molecular flexibility index (Phi) is 3.34. The molecule has 4 heteroatoms. The van der Waals surface area contributed by atoms with E-state index in [1.54, 1.807) is 25.3 Å². The minimum atomic E-state index is -0.00361. The van der Waals surface area contributed by atoms with Crippen LogP contribution in [0.25, 0.3) is 0 Å². The summed E-state index contributed by atoms with van der Waals surface area (Å²) in [7, 11) is 1.58. The van der Waals surface area contributed by atoms with E-state index in [1.165, 1.54) is 0 Å². The topological polar surface area (TPSA) is 68.3 Å². The molecule has 0 aliphatic heterocycles. The Morgan fingerprint density at radius 1 is 1.50 bits per heavy atom. The number of benzene rings is 1. The van der Waals surface area contributed by atoms with E-state index in [0.29, 0.717) is 23.7 Å². The lowest BCUT2D eigenvalue weighted by atomic mass is 10.2. The van der Waals surface area contributed by atoms with Gasteiger partial charge in [-0.1, -0.05) is 0 Å². The highest BCUT2D eigenvalue weighted by Gasteiger charge is 2.07. The number of nitrogens with one attached hydrogen (secondary N) is 1. The lowest BCUT2D eigenvalue weighted by Crippen LogP contribution is -2.13. The van der Waals surface area contributed by atoms with Crippen LogP contribution in [0.1, 0.15) is 12.5 Å². The number of ether oxygens (including phenoxy) is 2. The van der Waals surface area contributed by atoms with Crippen molar-refractivity contribution in [1.82, 2.24) is 0 Å². The first kappa shape index (κ1) is 10.4. The predicted octanol–water partition coefficient (Wildman–Crippen LogP) is 1.38. The molecule has 3 N–H and O–H groups in total. The zero-order valence-electron chi connectivity index (χ0n) is 8.33. The van der Waals surface area contributed by atoms with E-state index in [-0.39, 0.29) is 5.84 Å². The molecule has 0 saturated carbocycles. The normalized spacial score (nSPS) is 9.57. The number of amidine groups is 1. The van der Waals surface area contributed by atoms with E-state index in [9.17, 15) is 0 Å². The minimum absolute atomic E-state index is 0.00361. The van der Waals surface area contributed by atoms with E-state index in [0.717, 1.165) is 0 Å². The summed E-state index contributed by atoms with van der Waals surface area (Å²) in [6, 6.07) is 5.19. The Bertz CT molecular complexity index is 337. The molecule has 1 aromatic rings. The van der Waals surface area contributed by atoms with E-state index < -0.39 is 0 Å². The molecule has 0 atom stereocenters. The van der Waals surface area contributed by atoms with Gasteiger partial charge in [0.25, 0.3) is 0 Å². The molecule has 0 aliphatic carbocycles. The quantitative estimate of drug-likeness (QED) is 0.562. The summed E-state index contributed by atoms with van der Waals surface area (Å²) < 4.78 is 10.4. The first-order valence-electron chi connectivity index (χ1n) is 4.34. The molecular weight excluding hydrogens is 180 g/mol. The van der Waals surface area contributed by atoms with Crippen LogP contribution in [0.4, 0.5) is 0 Å². The van der Waals surface area contributed by atoms with E-state index in [4.69, 9.17) is 20.6 Å². The second-order valence-electron chi connectivity index (χ2n) is 2.71. The smallest absolute Gasteiger partial charge is 0.133 e. The highest BCUT2D eigenvalue weighted by atomic mass is 16.5. The number of methoxy groups -OCH3 is 1. The average molecular weight is 194 g/mol. The van der Waals surface area contributed by atoms with Crippen LogP contribution in [-0.4, -0.2) is 19.6 Å². The van der Waals surface area contributed by atoms with Crippen LogP contribution in [0.15, 0.2) is 18.2 Å². The second-order valence-corrected chi connectivity index (χ2v) is 2.71. The molecule has 0 aromatic heterocycles. The van der Waals surface area contributed by atoms with Gasteiger partial charge >= 0.3 is 0 Å². The number of rotatable bonds is 4. The molecule has 0 unspecified atom stereocenters. The Morgan fingerprint density at radius 2 is 2.21 bits per heavy atom. The molecule has 0 spiro atoms. The molecule has 0 aliphatic rings. The largest absolute Gasteiger partial charge is 0.497 e. The van der Waals surface area contributed by atoms with Gasteiger partial charge in [-0.25, -0.2) is 0 Å². The van der Waals surface area contributed by atoms with Crippen molar-refractivity contribution in [1.29, 1.82) is 5.41 Å². The van der Waals surface area contributed by atoms with Crippen molar-refractivity contribution in [2.75, 3.05) is 13.7 Å². The van der Waals surface area contributed by atoms with Gasteiger partial charge in [0.05, 0.1) is 19.3 Å². The standard InChI is InChI=1S/C10H14N2O2/c1-3-14-9-6-7(13-2)4-5-8(9)10(11)12/h4-6H,3H2,1-2H3,(H3,11,12). The molecular formula is C10H14N2O2. The van der Waals surface area contributed by atoms with Crippen LogP contribution in [0, 0.1) is 5.41 Å². The molecule has 0 saturated heterocycles. The van der Waals surface area contributed by atoms with Gasteiger partial charge in [-0.15, -0.1) is 0 Å². The lowest BCUT2D eigenvalue weighted by Gasteiger charge is -2.10. The Morgan fingerprint density at radius 3 is 2.71 bits per heavy atom. The zero-order valence-corrected chi connectivity index (χ0v) is 8.33. The van der Waals surface area contributed by atoms with Gasteiger partial charge in [0.1, 0.15) is 17.3 Å². The van der Waals surface area contributed by atoms with Crippen LogP contribution in [0.5, 0.6) is 11.5 Å². The van der Waals surface area contributed by atoms with Crippen LogP contribution in [0.3, 0.4) is 0 Å². The van der Waals surface area contributed by atoms with E-state index in [2.05, 4.69) is 0 Å². The zero-order chi connectivity index (χ0) is 10.6. The van der Waals surface area contributed by atoms with Gasteiger partial charge in [0.2, 0.25) is 0 Å². The Hall–Kier alpha value is -1.71. The third-order valence-corrected chi connectivity index (χ3v) is 1.78. The fourth-order valence-electron chi connectivity index (χ4n) is 1.13. The van der Waals surface area contributed by atoms with Gasteiger partial charge in [-0.2, -0.15) is 0 Å². The third kappa shape index (κ3) is 2.16. The first-order chi connectivity index (χ1) is 6.69. The highest BCUT2D eigenvalue weighted by Crippen LogP contribution is 2.24. The summed E-state index contributed by atoms with van der Waals surface area (Å²) in [5, 5.41) is 7.34.